The molecule has 0 aliphatic rings. The first-order valence-electron chi connectivity index (χ1n) is 6.84. The number of hydrogen-bond acceptors (Lipinski definition) is 3. The summed E-state index contributed by atoms with van der Waals surface area (Å²) in [5.74, 6) is 0.930. The van der Waals surface area contributed by atoms with Gasteiger partial charge in [0.05, 0.1) is 0 Å². The maximum absolute atomic E-state index is 9.39. The van der Waals surface area contributed by atoms with E-state index in [1.54, 1.807) is 18.2 Å². The highest BCUT2D eigenvalue weighted by molar-refractivity contribution is 5.41. The molecule has 0 aromatic heterocycles. The summed E-state index contributed by atoms with van der Waals surface area (Å²) in [6, 6.07) is 15.1. The molecule has 0 bridgehead atoms. The molecular weight excluding hydrogens is 264 g/mol. The highest BCUT2D eigenvalue weighted by Gasteiger charge is 2.23. The Morgan fingerprint density at radius 1 is 1.00 bits per heavy atom. The molecule has 21 heavy (non-hydrogen) atoms. The molecule has 0 amide bonds. The van der Waals surface area contributed by atoms with Crippen LogP contribution in [-0.2, 0) is 10.3 Å². The Kier molecular flexibility index (Phi) is 4.66. The average Bonchev–Trinajstić information content (AvgIpc) is 2.48. The first-order chi connectivity index (χ1) is 10.0. The van der Waals surface area contributed by atoms with E-state index in [9.17, 15) is 5.11 Å². The van der Waals surface area contributed by atoms with E-state index in [0.29, 0.717) is 12.4 Å². The minimum Gasteiger partial charge on any atom is -0.508 e. The summed E-state index contributed by atoms with van der Waals surface area (Å²) >= 11 is 0. The number of benzene rings is 2. The molecular formula is C18H20O3. The second-order valence-electron chi connectivity index (χ2n) is 5.35. The summed E-state index contributed by atoms with van der Waals surface area (Å²) in [7, 11) is 0. The maximum Gasteiger partial charge on any atom is 0.165 e. The van der Waals surface area contributed by atoms with Gasteiger partial charge >= 0.3 is 0 Å². The summed E-state index contributed by atoms with van der Waals surface area (Å²) in [5, 5.41) is 9.39. The standard InChI is InChI=1S/C18H20O3/c1-4-13-20-21-17-11-7-15(8-12-17)18(2,3)14-5-9-16(19)10-6-14/h4-12,19H,1,13H2,2-3H3. The third-order valence-electron chi connectivity index (χ3n) is 3.51. The van der Waals surface area contributed by atoms with Crippen LogP contribution in [-0.4, -0.2) is 11.7 Å². The second kappa shape index (κ2) is 6.46. The van der Waals surface area contributed by atoms with E-state index >= 15 is 0 Å². The molecule has 0 aliphatic heterocycles. The molecule has 3 heteroatoms. The van der Waals surface area contributed by atoms with Gasteiger partial charge in [-0.2, -0.15) is 4.89 Å². The van der Waals surface area contributed by atoms with Crippen LogP contribution in [0.2, 0.25) is 0 Å². The van der Waals surface area contributed by atoms with Gasteiger partial charge in [0.1, 0.15) is 12.4 Å². The Morgan fingerprint density at radius 3 is 2.05 bits per heavy atom. The molecule has 0 radical (unpaired) electrons. The van der Waals surface area contributed by atoms with Crippen molar-refractivity contribution in [3.05, 3.63) is 72.3 Å². The minimum absolute atomic E-state index is 0.159. The van der Waals surface area contributed by atoms with E-state index in [1.165, 1.54) is 0 Å². The second-order valence-corrected chi connectivity index (χ2v) is 5.35. The zero-order valence-corrected chi connectivity index (χ0v) is 12.4. The van der Waals surface area contributed by atoms with Crippen molar-refractivity contribution >= 4 is 0 Å². The molecule has 2 aromatic carbocycles. The van der Waals surface area contributed by atoms with Gasteiger partial charge in [-0.1, -0.05) is 44.2 Å². The van der Waals surface area contributed by atoms with Crippen LogP contribution >= 0.6 is 0 Å². The van der Waals surface area contributed by atoms with Crippen molar-refractivity contribution in [2.45, 2.75) is 19.3 Å². The Bertz CT molecular complexity index is 583. The van der Waals surface area contributed by atoms with Gasteiger partial charge in [-0.25, -0.2) is 0 Å². The van der Waals surface area contributed by atoms with Gasteiger partial charge in [0, 0.05) is 5.41 Å². The molecule has 0 atom stereocenters. The molecule has 0 saturated carbocycles. The highest BCUT2D eigenvalue weighted by atomic mass is 17.2. The van der Waals surface area contributed by atoms with E-state index in [0.717, 1.165) is 11.1 Å². The Hall–Kier alpha value is -2.26. The number of phenols is 1. The van der Waals surface area contributed by atoms with Crippen LogP contribution in [0.25, 0.3) is 0 Å². The van der Waals surface area contributed by atoms with Gasteiger partial charge in [-0.05, 0) is 35.4 Å². The van der Waals surface area contributed by atoms with Crippen molar-refractivity contribution in [3.8, 4) is 11.5 Å². The molecule has 0 aliphatic carbocycles. The minimum atomic E-state index is -0.159. The molecule has 110 valence electrons. The molecule has 0 heterocycles. The molecule has 0 fully saturated rings. The van der Waals surface area contributed by atoms with Gasteiger partial charge in [0.15, 0.2) is 5.75 Å². The lowest BCUT2D eigenvalue weighted by atomic mass is 9.78. The number of hydrogen-bond donors (Lipinski definition) is 1. The van der Waals surface area contributed by atoms with Gasteiger partial charge < -0.3 is 9.99 Å². The molecule has 2 aromatic rings. The lowest BCUT2D eigenvalue weighted by Crippen LogP contribution is -2.18. The van der Waals surface area contributed by atoms with Crippen molar-refractivity contribution in [1.29, 1.82) is 0 Å². The fourth-order valence-corrected chi connectivity index (χ4v) is 2.12. The van der Waals surface area contributed by atoms with Gasteiger partial charge in [-0.15, -0.1) is 6.58 Å². The first kappa shape index (κ1) is 15.1. The molecule has 1 N–H and O–H groups in total. The van der Waals surface area contributed by atoms with Crippen LogP contribution in [0.15, 0.2) is 61.2 Å². The molecule has 2 rings (SSSR count). The average molecular weight is 284 g/mol. The van der Waals surface area contributed by atoms with E-state index < -0.39 is 0 Å². The molecule has 0 saturated heterocycles. The molecule has 3 nitrogen and oxygen atoms in total. The number of rotatable bonds is 6. The number of aromatic hydroxyl groups is 1. The summed E-state index contributed by atoms with van der Waals surface area (Å²) < 4.78 is 0. The van der Waals surface area contributed by atoms with Crippen molar-refractivity contribution < 1.29 is 14.9 Å². The van der Waals surface area contributed by atoms with Crippen molar-refractivity contribution in [1.82, 2.24) is 0 Å². The SMILES string of the molecule is C=CCOOc1ccc(C(C)(C)c2ccc(O)cc2)cc1. The van der Waals surface area contributed by atoms with Crippen molar-refractivity contribution in [2.75, 3.05) is 6.61 Å². The van der Waals surface area contributed by atoms with Crippen LogP contribution in [0, 0.1) is 0 Å². The fraction of sp³-hybridized carbons (Fsp3) is 0.222. The summed E-state index contributed by atoms with van der Waals surface area (Å²) in [6.45, 7) is 8.19. The first-order valence-corrected chi connectivity index (χ1v) is 6.84. The number of phenolic OH excluding ortho intramolecular Hbond substituents is 1. The van der Waals surface area contributed by atoms with Gasteiger partial charge in [0.2, 0.25) is 0 Å². The van der Waals surface area contributed by atoms with Gasteiger partial charge in [0.25, 0.3) is 0 Å². The monoisotopic (exact) mass is 284 g/mol. The summed E-state index contributed by atoms with van der Waals surface area (Å²) in [5.41, 5.74) is 2.13. The van der Waals surface area contributed by atoms with Crippen LogP contribution in [0.3, 0.4) is 0 Å². The van der Waals surface area contributed by atoms with Crippen LogP contribution < -0.4 is 4.89 Å². The highest BCUT2D eigenvalue weighted by Crippen LogP contribution is 2.33. The Morgan fingerprint density at radius 2 is 1.52 bits per heavy atom. The van der Waals surface area contributed by atoms with E-state index in [1.807, 2.05) is 36.4 Å². The smallest absolute Gasteiger partial charge is 0.165 e. The maximum atomic E-state index is 9.39. The Balaban J connectivity index is 2.16. The zero-order valence-electron chi connectivity index (χ0n) is 12.4. The van der Waals surface area contributed by atoms with Crippen LogP contribution in [0.4, 0.5) is 0 Å². The Labute approximate surface area is 125 Å². The predicted molar refractivity (Wildman–Crippen MR) is 83.5 cm³/mol. The molecule has 0 spiro atoms. The van der Waals surface area contributed by atoms with Crippen molar-refractivity contribution in [3.63, 3.8) is 0 Å². The van der Waals surface area contributed by atoms with Crippen LogP contribution in [0.1, 0.15) is 25.0 Å². The predicted octanol–water partition coefficient (Wildman–Crippen LogP) is 4.21. The third kappa shape index (κ3) is 3.64. The van der Waals surface area contributed by atoms with Gasteiger partial charge in [-0.3, -0.25) is 0 Å². The summed E-state index contributed by atoms with van der Waals surface area (Å²) in [6.07, 6.45) is 1.63. The lowest BCUT2D eigenvalue weighted by molar-refractivity contribution is -0.195. The lowest BCUT2D eigenvalue weighted by Gasteiger charge is -2.26. The van der Waals surface area contributed by atoms with Crippen LogP contribution in [0.5, 0.6) is 11.5 Å². The van der Waals surface area contributed by atoms with E-state index in [4.69, 9.17) is 9.78 Å². The summed E-state index contributed by atoms with van der Waals surface area (Å²) in [4.78, 5) is 10.1. The van der Waals surface area contributed by atoms with Crippen molar-refractivity contribution in [2.24, 2.45) is 0 Å². The molecule has 0 unspecified atom stereocenters. The third-order valence-corrected chi connectivity index (χ3v) is 3.51. The normalized spacial score (nSPS) is 11.1. The zero-order chi connectivity index (χ0) is 15.3. The fourth-order valence-electron chi connectivity index (χ4n) is 2.12. The van der Waals surface area contributed by atoms with E-state index in [2.05, 4.69) is 20.4 Å². The largest absolute Gasteiger partial charge is 0.508 e. The topological polar surface area (TPSA) is 38.7 Å². The van der Waals surface area contributed by atoms with E-state index in [-0.39, 0.29) is 11.2 Å². The quantitative estimate of drug-likeness (QED) is 0.374.